The lowest BCUT2D eigenvalue weighted by atomic mass is 9.91. The maximum Gasteiger partial charge on any atom is 0.409 e. The topological polar surface area (TPSA) is 49.8 Å². The SMILES string of the molecule is C=CCC1(O)CN(C(=O)OCC2c3ccccc3-c3ccccc32)C1. The number of hydrogen-bond acceptors (Lipinski definition) is 3. The highest BCUT2D eigenvalue weighted by Gasteiger charge is 2.43. The minimum Gasteiger partial charge on any atom is -0.448 e. The highest BCUT2D eigenvalue weighted by molar-refractivity contribution is 5.79. The predicted octanol–water partition coefficient (Wildman–Crippen LogP) is 3.56. The molecule has 0 spiro atoms. The Labute approximate surface area is 147 Å². The van der Waals surface area contributed by atoms with Crippen molar-refractivity contribution >= 4 is 6.09 Å². The molecule has 1 aliphatic heterocycles. The van der Waals surface area contributed by atoms with Crippen LogP contribution in [0.2, 0.25) is 0 Å². The fourth-order valence-electron chi connectivity index (χ4n) is 3.88. The summed E-state index contributed by atoms with van der Waals surface area (Å²) in [6.07, 6.45) is 1.80. The molecule has 0 atom stereocenters. The summed E-state index contributed by atoms with van der Waals surface area (Å²) in [5.41, 5.74) is 3.98. The zero-order chi connectivity index (χ0) is 17.4. The number of β-amino-alcohol motifs (C(OH)–C–C–N with tert-alkyl or cyclic N) is 1. The molecule has 25 heavy (non-hydrogen) atoms. The molecule has 1 N–H and O–H groups in total. The Morgan fingerprint density at radius 3 is 2.28 bits per heavy atom. The molecule has 0 aromatic heterocycles. The van der Waals surface area contributed by atoms with Gasteiger partial charge in [0.15, 0.2) is 0 Å². The van der Waals surface area contributed by atoms with Gasteiger partial charge < -0.3 is 14.7 Å². The number of likely N-dealkylation sites (tertiary alicyclic amines) is 1. The Bertz CT molecular complexity index is 778. The first-order valence-electron chi connectivity index (χ1n) is 8.54. The van der Waals surface area contributed by atoms with E-state index in [4.69, 9.17) is 4.74 Å². The van der Waals surface area contributed by atoms with E-state index in [1.54, 1.807) is 6.08 Å². The van der Waals surface area contributed by atoms with Gasteiger partial charge in [0, 0.05) is 5.92 Å². The zero-order valence-electron chi connectivity index (χ0n) is 14.0. The fourth-order valence-corrected chi connectivity index (χ4v) is 3.88. The highest BCUT2D eigenvalue weighted by Crippen LogP contribution is 2.44. The Balaban J connectivity index is 1.45. The second kappa shape index (κ2) is 6.05. The summed E-state index contributed by atoms with van der Waals surface area (Å²) in [7, 11) is 0. The molecule has 4 heteroatoms. The second-order valence-corrected chi connectivity index (χ2v) is 6.88. The summed E-state index contributed by atoms with van der Waals surface area (Å²) in [6.45, 7) is 4.55. The van der Waals surface area contributed by atoms with E-state index in [-0.39, 0.29) is 12.0 Å². The molecule has 1 heterocycles. The van der Waals surface area contributed by atoms with Gasteiger partial charge in [0.2, 0.25) is 0 Å². The van der Waals surface area contributed by atoms with Crippen LogP contribution in [0.1, 0.15) is 23.5 Å². The van der Waals surface area contributed by atoms with E-state index in [1.807, 2.05) is 24.3 Å². The van der Waals surface area contributed by atoms with E-state index < -0.39 is 5.60 Å². The van der Waals surface area contributed by atoms with Gasteiger partial charge >= 0.3 is 6.09 Å². The first-order valence-corrected chi connectivity index (χ1v) is 8.54. The molecule has 0 saturated carbocycles. The number of amides is 1. The standard InChI is InChI=1S/C21H21NO3/c1-2-11-21(24)13-22(14-21)20(23)25-12-19-17-9-5-3-7-15(17)16-8-4-6-10-18(16)19/h2-10,19,24H,1,11-14H2. The third-order valence-corrected chi connectivity index (χ3v) is 5.09. The van der Waals surface area contributed by atoms with Crippen LogP contribution >= 0.6 is 0 Å². The van der Waals surface area contributed by atoms with Crippen molar-refractivity contribution in [3.05, 3.63) is 72.3 Å². The predicted molar refractivity (Wildman–Crippen MR) is 96.4 cm³/mol. The number of carbonyl (C=O) groups is 1. The van der Waals surface area contributed by atoms with Crippen molar-refractivity contribution in [1.82, 2.24) is 4.90 Å². The highest BCUT2D eigenvalue weighted by atomic mass is 16.6. The molecule has 0 unspecified atom stereocenters. The van der Waals surface area contributed by atoms with Crippen LogP contribution in [0, 0.1) is 0 Å². The van der Waals surface area contributed by atoms with Gasteiger partial charge in [-0.25, -0.2) is 4.79 Å². The van der Waals surface area contributed by atoms with Crippen LogP contribution < -0.4 is 0 Å². The average molecular weight is 335 g/mol. The first kappa shape index (κ1) is 15.9. The van der Waals surface area contributed by atoms with Gasteiger partial charge in [-0.1, -0.05) is 54.6 Å². The molecule has 1 saturated heterocycles. The van der Waals surface area contributed by atoms with Gasteiger partial charge in [-0.3, -0.25) is 0 Å². The second-order valence-electron chi connectivity index (χ2n) is 6.88. The van der Waals surface area contributed by atoms with Crippen LogP contribution in [0.4, 0.5) is 4.79 Å². The maximum absolute atomic E-state index is 12.3. The monoisotopic (exact) mass is 335 g/mol. The van der Waals surface area contributed by atoms with Gasteiger partial charge in [0.25, 0.3) is 0 Å². The Morgan fingerprint density at radius 2 is 1.72 bits per heavy atom. The average Bonchev–Trinajstić information content (AvgIpc) is 2.92. The number of ether oxygens (including phenoxy) is 1. The lowest BCUT2D eigenvalue weighted by Crippen LogP contribution is -2.63. The Morgan fingerprint density at radius 1 is 1.16 bits per heavy atom. The van der Waals surface area contributed by atoms with Crippen molar-refractivity contribution in [2.45, 2.75) is 17.9 Å². The smallest absolute Gasteiger partial charge is 0.409 e. The van der Waals surface area contributed by atoms with Crippen LogP contribution in [0.25, 0.3) is 11.1 Å². The van der Waals surface area contributed by atoms with E-state index in [2.05, 4.69) is 30.8 Å². The van der Waals surface area contributed by atoms with Crippen LogP contribution in [0.15, 0.2) is 61.2 Å². The Kier molecular flexibility index (Phi) is 3.85. The Hall–Kier alpha value is -2.59. The molecular weight excluding hydrogens is 314 g/mol. The molecule has 1 fully saturated rings. The van der Waals surface area contributed by atoms with Gasteiger partial charge in [-0.15, -0.1) is 6.58 Å². The fraction of sp³-hybridized carbons (Fsp3) is 0.286. The lowest BCUT2D eigenvalue weighted by molar-refractivity contribution is -0.0861. The molecule has 2 aliphatic rings. The van der Waals surface area contributed by atoms with Crippen LogP contribution in [0.5, 0.6) is 0 Å². The molecule has 1 amide bonds. The molecule has 0 bridgehead atoms. The number of rotatable bonds is 4. The van der Waals surface area contributed by atoms with E-state index in [0.717, 1.165) is 0 Å². The zero-order valence-corrected chi connectivity index (χ0v) is 14.0. The normalized spacial score (nSPS) is 17.4. The third kappa shape index (κ3) is 2.72. The van der Waals surface area contributed by atoms with Crippen molar-refractivity contribution < 1.29 is 14.6 Å². The molecule has 128 valence electrons. The molecular formula is C21H21NO3. The minimum atomic E-state index is -0.840. The van der Waals surface area contributed by atoms with Crippen LogP contribution in [-0.2, 0) is 4.74 Å². The van der Waals surface area contributed by atoms with Crippen LogP contribution in [0.3, 0.4) is 0 Å². The van der Waals surface area contributed by atoms with Gasteiger partial charge in [0.05, 0.1) is 13.1 Å². The number of carbonyl (C=O) groups excluding carboxylic acids is 1. The van der Waals surface area contributed by atoms with Gasteiger partial charge in [-0.2, -0.15) is 0 Å². The van der Waals surface area contributed by atoms with Gasteiger partial charge in [0.1, 0.15) is 12.2 Å². The van der Waals surface area contributed by atoms with Crippen LogP contribution in [-0.4, -0.2) is 41.4 Å². The summed E-state index contributed by atoms with van der Waals surface area (Å²) in [6, 6.07) is 16.5. The number of hydrogen-bond donors (Lipinski definition) is 1. The third-order valence-electron chi connectivity index (χ3n) is 5.09. The summed E-state index contributed by atoms with van der Waals surface area (Å²) >= 11 is 0. The number of benzene rings is 2. The summed E-state index contributed by atoms with van der Waals surface area (Å²) in [5, 5.41) is 10.1. The summed E-state index contributed by atoms with van der Waals surface area (Å²) < 4.78 is 5.57. The van der Waals surface area contributed by atoms with E-state index >= 15 is 0 Å². The molecule has 2 aromatic carbocycles. The molecule has 1 aliphatic carbocycles. The lowest BCUT2D eigenvalue weighted by Gasteiger charge is -2.45. The summed E-state index contributed by atoms with van der Waals surface area (Å²) in [5.74, 6) is 0.0599. The van der Waals surface area contributed by atoms with Gasteiger partial charge in [-0.05, 0) is 28.7 Å². The number of nitrogens with zero attached hydrogens (tertiary/aromatic N) is 1. The van der Waals surface area contributed by atoms with Crippen molar-refractivity contribution in [1.29, 1.82) is 0 Å². The van der Waals surface area contributed by atoms with E-state index in [1.165, 1.54) is 27.2 Å². The number of aliphatic hydroxyl groups is 1. The largest absolute Gasteiger partial charge is 0.448 e. The maximum atomic E-state index is 12.3. The van der Waals surface area contributed by atoms with Crippen molar-refractivity contribution in [2.75, 3.05) is 19.7 Å². The van der Waals surface area contributed by atoms with E-state index in [0.29, 0.717) is 26.1 Å². The minimum absolute atomic E-state index is 0.0599. The summed E-state index contributed by atoms with van der Waals surface area (Å²) in [4.78, 5) is 13.8. The first-order chi connectivity index (χ1) is 12.1. The van der Waals surface area contributed by atoms with Crippen molar-refractivity contribution in [3.63, 3.8) is 0 Å². The molecule has 2 aromatic rings. The van der Waals surface area contributed by atoms with Crippen molar-refractivity contribution in [3.8, 4) is 11.1 Å². The molecule has 4 nitrogen and oxygen atoms in total. The van der Waals surface area contributed by atoms with Crippen molar-refractivity contribution in [2.24, 2.45) is 0 Å². The van der Waals surface area contributed by atoms with E-state index in [9.17, 15) is 9.90 Å². The molecule has 4 rings (SSSR count). The quantitative estimate of drug-likeness (QED) is 0.869. The molecule has 0 radical (unpaired) electrons. The number of fused-ring (bicyclic) bond motifs is 3.